The van der Waals surface area contributed by atoms with Gasteiger partial charge in [-0.15, -0.1) is 0 Å². The van der Waals surface area contributed by atoms with Crippen molar-refractivity contribution in [1.82, 2.24) is 15.0 Å². The minimum atomic E-state index is -0.625. The van der Waals surface area contributed by atoms with Gasteiger partial charge in [-0.1, -0.05) is 0 Å². The van der Waals surface area contributed by atoms with Gasteiger partial charge >= 0.3 is 0 Å². The fraction of sp³-hybridized carbons (Fsp3) is 0.0588. The van der Waals surface area contributed by atoms with E-state index in [1.54, 1.807) is 0 Å². The summed E-state index contributed by atoms with van der Waals surface area (Å²) in [4.78, 5) is 23.8. The lowest BCUT2D eigenvalue weighted by Crippen LogP contribution is -2.06. The first-order valence-electron chi connectivity index (χ1n) is 6.97. The van der Waals surface area contributed by atoms with Crippen LogP contribution in [-0.4, -0.2) is 20.7 Å². The summed E-state index contributed by atoms with van der Waals surface area (Å²) in [5, 5.41) is 0. The number of carbonyl (C=O) groups excluding carboxylic acids is 1. The van der Waals surface area contributed by atoms with Gasteiger partial charge in [0.2, 0.25) is 0 Å². The van der Waals surface area contributed by atoms with Crippen LogP contribution in [0.4, 0.5) is 8.78 Å². The maximum Gasteiger partial charge on any atom is 0.169 e. The Bertz CT molecular complexity index is 873. The van der Waals surface area contributed by atoms with Crippen molar-refractivity contribution in [2.45, 2.75) is 6.42 Å². The molecule has 7 heteroatoms. The van der Waals surface area contributed by atoms with Crippen LogP contribution >= 0.6 is 0 Å². The zero-order valence-corrected chi connectivity index (χ0v) is 12.3. The van der Waals surface area contributed by atoms with Crippen LogP contribution in [0.2, 0.25) is 0 Å². The highest BCUT2D eigenvalue weighted by atomic mass is 19.1. The van der Waals surface area contributed by atoms with Gasteiger partial charge in [0.1, 0.15) is 23.7 Å². The van der Waals surface area contributed by atoms with Crippen LogP contribution in [0, 0.1) is 11.6 Å². The average Bonchev–Trinajstić information content (AvgIpc) is 2.55. The third-order valence-electron chi connectivity index (χ3n) is 3.09. The number of halogens is 2. The second-order valence-corrected chi connectivity index (χ2v) is 4.92. The molecule has 0 atom stereocenters. The first-order chi connectivity index (χ1) is 11.6. The number of Topliss-reactive ketones (excluding diaryl/α,β-unsaturated/α-hetero) is 1. The Balaban J connectivity index is 1.81. The summed E-state index contributed by atoms with van der Waals surface area (Å²) in [6.07, 6.45) is 5.29. The van der Waals surface area contributed by atoms with Crippen molar-refractivity contribution in [1.29, 1.82) is 0 Å². The molecule has 0 aliphatic heterocycles. The van der Waals surface area contributed by atoms with E-state index in [0.29, 0.717) is 5.75 Å². The van der Waals surface area contributed by atoms with Crippen molar-refractivity contribution in [2.75, 3.05) is 0 Å². The highest BCUT2D eigenvalue weighted by Crippen LogP contribution is 2.23. The standard InChI is InChI=1S/C17H11F2N3O2/c18-12-1-2-22-14(5-12)7-17(23)11-3-13(19)6-15(4-11)24-16-8-20-10-21-9-16/h1-6,8-10H,7H2. The molecule has 0 saturated carbocycles. The lowest BCUT2D eigenvalue weighted by Gasteiger charge is -2.07. The molecule has 5 nitrogen and oxygen atoms in total. The molecule has 2 aromatic heterocycles. The zero-order valence-electron chi connectivity index (χ0n) is 12.3. The van der Waals surface area contributed by atoms with Crippen LogP contribution < -0.4 is 4.74 Å². The number of benzene rings is 1. The van der Waals surface area contributed by atoms with E-state index in [9.17, 15) is 13.6 Å². The van der Waals surface area contributed by atoms with E-state index in [4.69, 9.17) is 4.74 Å². The van der Waals surface area contributed by atoms with E-state index in [0.717, 1.165) is 18.2 Å². The molecule has 3 aromatic rings. The van der Waals surface area contributed by atoms with Gasteiger partial charge in [0.25, 0.3) is 0 Å². The second-order valence-electron chi connectivity index (χ2n) is 4.92. The van der Waals surface area contributed by atoms with Crippen molar-refractivity contribution in [3.8, 4) is 11.5 Å². The largest absolute Gasteiger partial charge is 0.454 e. The van der Waals surface area contributed by atoms with Crippen LogP contribution in [0.5, 0.6) is 11.5 Å². The Hall–Kier alpha value is -3.22. The van der Waals surface area contributed by atoms with Gasteiger partial charge in [-0.2, -0.15) is 0 Å². The number of ketones is 1. The highest BCUT2D eigenvalue weighted by molar-refractivity contribution is 5.97. The molecule has 0 saturated heterocycles. The van der Waals surface area contributed by atoms with Crippen LogP contribution in [-0.2, 0) is 6.42 Å². The van der Waals surface area contributed by atoms with E-state index < -0.39 is 17.4 Å². The van der Waals surface area contributed by atoms with Gasteiger partial charge < -0.3 is 4.74 Å². The summed E-state index contributed by atoms with van der Waals surface area (Å²) in [7, 11) is 0. The summed E-state index contributed by atoms with van der Waals surface area (Å²) >= 11 is 0. The number of pyridine rings is 1. The first-order valence-corrected chi connectivity index (χ1v) is 6.97. The summed E-state index contributed by atoms with van der Waals surface area (Å²) in [6.45, 7) is 0. The summed E-state index contributed by atoms with van der Waals surface area (Å²) in [5.74, 6) is -1.06. The topological polar surface area (TPSA) is 65.0 Å². The van der Waals surface area contributed by atoms with Crippen molar-refractivity contribution in [3.05, 3.63) is 78.1 Å². The molecule has 24 heavy (non-hydrogen) atoms. The minimum Gasteiger partial charge on any atom is -0.454 e. The molecule has 0 fully saturated rings. The quantitative estimate of drug-likeness (QED) is 0.672. The van der Waals surface area contributed by atoms with Crippen molar-refractivity contribution in [3.63, 3.8) is 0 Å². The van der Waals surface area contributed by atoms with Crippen molar-refractivity contribution >= 4 is 5.78 Å². The number of rotatable bonds is 5. The number of aromatic nitrogens is 3. The monoisotopic (exact) mass is 327 g/mol. The Morgan fingerprint density at radius 1 is 1.00 bits per heavy atom. The van der Waals surface area contributed by atoms with E-state index in [2.05, 4.69) is 15.0 Å². The smallest absolute Gasteiger partial charge is 0.169 e. The summed E-state index contributed by atoms with van der Waals surface area (Å²) < 4.78 is 32.3. The lowest BCUT2D eigenvalue weighted by molar-refractivity contribution is 0.0991. The fourth-order valence-electron chi connectivity index (χ4n) is 2.07. The summed E-state index contributed by atoms with van der Waals surface area (Å²) in [6, 6.07) is 5.98. The molecule has 0 amide bonds. The Kier molecular flexibility index (Phi) is 4.51. The number of ether oxygens (including phenoxy) is 1. The third-order valence-corrected chi connectivity index (χ3v) is 3.09. The van der Waals surface area contributed by atoms with Crippen LogP contribution in [0.3, 0.4) is 0 Å². The summed E-state index contributed by atoms with van der Waals surface area (Å²) in [5.41, 5.74) is 0.371. The minimum absolute atomic E-state index is 0.105. The van der Waals surface area contributed by atoms with E-state index in [-0.39, 0.29) is 23.4 Å². The number of hydrogen-bond donors (Lipinski definition) is 0. The number of hydrogen-bond acceptors (Lipinski definition) is 5. The fourth-order valence-corrected chi connectivity index (χ4v) is 2.07. The SMILES string of the molecule is O=C(Cc1cc(F)ccn1)c1cc(F)cc(Oc2cncnc2)c1. The normalized spacial score (nSPS) is 10.4. The average molecular weight is 327 g/mol. The molecule has 0 aliphatic carbocycles. The van der Waals surface area contributed by atoms with Gasteiger partial charge in [0.05, 0.1) is 24.5 Å². The zero-order chi connectivity index (χ0) is 16.9. The van der Waals surface area contributed by atoms with Crippen molar-refractivity contribution in [2.24, 2.45) is 0 Å². The number of carbonyl (C=O) groups is 1. The molecule has 120 valence electrons. The van der Waals surface area contributed by atoms with Crippen molar-refractivity contribution < 1.29 is 18.3 Å². The molecule has 0 bridgehead atoms. The molecule has 0 aliphatic rings. The highest BCUT2D eigenvalue weighted by Gasteiger charge is 2.12. The molecule has 0 unspecified atom stereocenters. The maximum atomic E-state index is 13.8. The Morgan fingerprint density at radius 2 is 1.79 bits per heavy atom. The molecule has 2 heterocycles. The van der Waals surface area contributed by atoms with Crippen LogP contribution in [0.25, 0.3) is 0 Å². The van der Waals surface area contributed by atoms with Gasteiger partial charge in [0.15, 0.2) is 11.5 Å². The molecule has 1 aromatic carbocycles. The Labute approximate surface area is 136 Å². The van der Waals surface area contributed by atoms with Crippen LogP contribution in [0.1, 0.15) is 16.1 Å². The second kappa shape index (κ2) is 6.91. The molecule has 0 radical (unpaired) electrons. The first kappa shape index (κ1) is 15.7. The van der Waals surface area contributed by atoms with E-state index >= 15 is 0 Å². The van der Waals surface area contributed by atoms with E-state index in [1.807, 2.05) is 0 Å². The molecular weight excluding hydrogens is 316 g/mol. The van der Waals surface area contributed by atoms with Gasteiger partial charge in [0, 0.05) is 17.8 Å². The van der Waals surface area contributed by atoms with E-state index in [1.165, 1.54) is 37.1 Å². The molecule has 3 rings (SSSR count). The molecular formula is C17H11F2N3O2. The molecule has 0 spiro atoms. The number of nitrogens with zero attached hydrogens (tertiary/aromatic N) is 3. The van der Waals surface area contributed by atoms with Gasteiger partial charge in [-0.3, -0.25) is 9.78 Å². The maximum absolute atomic E-state index is 13.8. The molecule has 0 N–H and O–H groups in total. The Morgan fingerprint density at radius 3 is 2.54 bits per heavy atom. The van der Waals surface area contributed by atoms with Gasteiger partial charge in [-0.05, 0) is 24.3 Å². The third kappa shape index (κ3) is 3.95. The predicted octanol–water partition coefficient (Wildman–Crippen LogP) is 3.37. The van der Waals surface area contributed by atoms with Gasteiger partial charge in [-0.25, -0.2) is 18.7 Å². The van der Waals surface area contributed by atoms with Crippen LogP contribution in [0.15, 0.2) is 55.2 Å². The predicted molar refractivity (Wildman–Crippen MR) is 80.7 cm³/mol. The lowest BCUT2D eigenvalue weighted by atomic mass is 10.1.